The second kappa shape index (κ2) is 6.47. The number of methoxy groups -OCH3 is 1. The number of rotatable bonds is 4. The number of piperidine rings is 1. The summed E-state index contributed by atoms with van der Waals surface area (Å²) in [4.78, 5) is 2.79. The maximum Gasteiger partial charge on any atom is 0.119 e. The van der Waals surface area contributed by atoms with E-state index in [1.54, 1.807) is 12.7 Å². The van der Waals surface area contributed by atoms with Crippen molar-refractivity contribution < 1.29 is 4.74 Å². The first-order valence-corrected chi connectivity index (χ1v) is 9.67. The van der Waals surface area contributed by atoms with E-state index in [-0.39, 0.29) is 0 Å². The first kappa shape index (κ1) is 15.5. The van der Waals surface area contributed by atoms with E-state index in [1.807, 2.05) is 0 Å². The molecule has 1 heterocycles. The molecule has 0 N–H and O–H groups in total. The molecule has 1 saturated heterocycles. The van der Waals surface area contributed by atoms with Gasteiger partial charge in [0.2, 0.25) is 0 Å². The lowest BCUT2D eigenvalue weighted by Crippen LogP contribution is -2.52. The van der Waals surface area contributed by atoms with E-state index in [2.05, 4.69) is 29.2 Å². The van der Waals surface area contributed by atoms with Gasteiger partial charge in [-0.25, -0.2) is 0 Å². The van der Waals surface area contributed by atoms with Crippen molar-refractivity contribution in [2.45, 2.75) is 56.8 Å². The summed E-state index contributed by atoms with van der Waals surface area (Å²) >= 11 is 0. The van der Waals surface area contributed by atoms with E-state index in [0.717, 1.165) is 17.6 Å². The van der Waals surface area contributed by atoms with E-state index < -0.39 is 0 Å². The molecule has 0 bridgehead atoms. The number of fused-ring (bicyclic) bond motifs is 1. The molecule has 0 radical (unpaired) electrons. The summed E-state index contributed by atoms with van der Waals surface area (Å²) in [5.41, 5.74) is 1.97. The van der Waals surface area contributed by atoms with E-state index in [9.17, 15) is 0 Å². The highest BCUT2D eigenvalue weighted by Crippen LogP contribution is 2.49. The Morgan fingerprint density at radius 3 is 2.83 bits per heavy atom. The molecule has 126 valence electrons. The molecule has 2 atom stereocenters. The first-order valence-electron chi connectivity index (χ1n) is 9.67. The fourth-order valence-corrected chi connectivity index (χ4v) is 5.33. The standard InChI is InChI=1S/C21H31NO/c1-23-20-10-5-9-18(14-20)21-11-3-2-8-19(21)16-22(13-12-21)15-17-6-4-7-17/h5,9-10,14,17,19H,2-4,6-8,11-13,15-16H2,1H3/t19-,21-/m0/s1. The molecule has 2 nitrogen and oxygen atoms in total. The normalized spacial score (nSPS) is 32.1. The number of nitrogens with zero attached hydrogens (tertiary/aromatic N) is 1. The summed E-state index contributed by atoms with van der Waals surface area (Å²) < 4.78 is 5.51. The minimum atomic E-state index is 0.420. The average molecular weight is 313 g/mol. The molecule has 1 aromatic carbocycles. The van der Waals surface area contributed by atoms with Crippen molar-refractivity contribution in [1.82, 2.24) is 4.90 Å². The molecule has 2 saturated carbocycles. The summed E-state index contributed by atoms with van der Waals surface area (Å²) in [6.45, 7) is 3.99. The lowest BCUT2D eigenvalue weighted by molar-refractivity contribution is 0.0392. The highest BCUT2D eigenvalue weighted by molar-refractivity contribution is 5.35. The Kier molecular flexibility index (Phi) is 4.36. The van der Waals surface area contributed by atoms with Crippen LogP contribution < -0.4 is 4.74 Å². The van der Waals surface area contributed by atoms with Gasteiger partial charge in [-0.15, -0.1) is 0 Å². The summed E-state index contributed by atoms with van der Waals surface area (Å²) in [6.07, 6.45) is 11.4. The van der Waals surface area contributed by atoms with Crippen molar-refractivity contribution in [2.75, 3.05) is 26.7 Å². The van der Waals surface area contributed by atoms with E-state index in [1.165, 1.54) is 71.0 Å². The SMILES string of the molecule is COc1cccc([C@@]23CCCC[C@H]2CN(CC2CCC2)CC3)c1. The Bertz CT molecular complexity index is 538. The number of hydrogen-bond donors (Lipinski definition) is 0. The second-order valence-corrected chi connectivity index (χ2v) is 8.14. The summed E-state index contributed by atoms with van der Waals surface area (Å²) in [7, 11) is 1.79. The van der Waals surface area contributed by atoms with Crippen LogP contribution in [0, 0.1) is 11.8 Å². The highest BCUT2D eigenvalue weighted by atomic mass is 16.5. The molecule has 0 unspecified atom stereocenters. The molecule has 1 aromatic rings. The number of likely N-dealkylation sites (tertiary alicyclic amines) is 1. The fourth-order valence-electron chi connectivity index (χ4n) is 5.33. The van der Waals surface area contributed by atoms with Crippen LogP contribution in [0.2, 0.25) is 0 Å². The largest absolute Gasteiger partial charge is 0.497 e. The first-order chi connectivity index (χ1) is 11.3. The Morgan fingerprint density at radius 1 is 1.13 bits per heavy atom. The van der Waals surface area contributed by atoms with Crippen LogP contribution in [0.3, 0.4) is 0 Å². The molecule has 1 aliphatic heterocycles. The lowest BCUT2D eigenvalue weighted by atomic mass is 9.59. The minimum absolute atomic E-state index is 0.420. The van der Waals surface area contributed by atoms with Crippen molar-refractivity contribution in [3.8, 4) is 5.75 Å². The third kappa shape index (κ3) is 2.91. The third-order valence-corrected chi connectivity index (χ3v) is 6.95. The minimum Gasteiger partial charge on any atom is -0.497 e. The molecule has 3 fully saturated rings. The van der Waals surface area contributed by atoms with Gasteiger partial charge in [-0.2, -0.15) is 0 Å². The van der Waals surface area contributed by atoms with Crippen LogP contribution in [0.5, 0.6) is 5.75 Å². The summed E-state index contributed by atoms with van der Waals surface area (Å²) in [6, 6.07) is 8.96. The van der Waals surface area contributed by atoms with Crippen LogP contribution in [-0.4, -0.2) is 31.6 Å². The van der Waals surface area contributed by atoms with Gasteiger partial charge < -0.3 is 9.64 Å². The lowest BCUT2D eigenvalue weighted by Gasteiger charge is -2.52. The fraction of sp³-hybridized carbons (Fsp3) is 0.714. The zero-order chi connectivity index (χ0) is 15.7. The molecule has 2 aliphatic carbocycles. The third-order valence-electron chi connectivity index (χ3n) is 6.95. The smallest absolute Gasteiger partial charge is 0.119 e. The van der Waals surface area contributed by atoms with Gasteiger partial charge in [-0.05, 0) is 68.2 Å². The number of benzene rings is 1. The van der Waals surface area contributed by atoms with Crippen molar-refractivity contribution >= 4 is 0 Å². The number of ether oxygens (including phenoxy) is 1. The Hall–Kier alpha value is -1.02. The molecule has 0 amide bonds. The van der Waals surface area contributed by atoms with Crippen LogP contribution in [0.1, 0.15) is 56.9 Å². The predicted molar refractivity (Wildman–Crippen MR) is 95.0 cm³/mol. The van der Waals surface area contributed by atoms with Gasteiger partial charge in [-0.3, -0.25) is 0 Å². The Morgan fingerprint density at radius 2 is 2.04 bits per heavy atom. The molecule has 4 rings (SSSR count). The van der Waals surface area contributed by atoms with E-state index in [0.29, 0.717) is 5.41 Å². The Balaban J connectivity index is 1.55. The van der Waals surface area contributed by atoms with Crippen molar-refractivity contribution in [3.05, 3.63) is 29.8 Å². The zero-order valence-corrected chi connectivity index (χ0v) is 14.6. The van der Waals surface area contributed by atoms with E-state index >= 15 is 0 Å². The van der Waals surface area contributed by atoms with Gasteiger partial charge in [0.15, 0.2) is 0 Å². The van der Waals surface area contributed by atoms with Gasteiger partial charge in [0, 0.05) is 18.5 Å². The molecule has 23 heavy (non-hydrogen) atoms. The molecule has 3 aliphatic rings. The monoisotopic (exact) mass is 313 g/mol. The average Bonchev–Trinajstić information content (AvgIpc) is 2.58. The van der Waals surface area contributed by atoms with E-state index in [4.69, 9.17) is 4.74 Å². The van der Waals surface area contributed by atoms with Crippen LogP contribution in [0.15, 0.2) is 24.3 Å². The Labute approximate surface area is 141 Å². The quantitative estimate of drug-likeness (QED) is 0.803. The summed E-state index contributed by atoms with van der Waals surface area (Å²) in [5.74, 6) is 2.87. The van der Waals surface area contributed by atoms with Gasteiger partial charge in [-0.1, -0.05) is 31.4 Å². The molecular weight excluding hydrogens is 282 g/mol. The van der Waals surface area contributed by atoms with Gasteiger partial charge >= 0.3 is 0 Å². The maximum atomic E-state index is 5.51. The van der Waals surface area contributed by atoms with Crippen LogP contribution in [0.25, 0.3) is 0 Å². The maximum absolute atomic E-state index is 5.51. The molecule has 0 spiro atoms. The topological polar surface area (TPSA) is 12.5 Å². The second-order valence-electron chi connectivity index (χ2n) is 8.14. The molecular formula is C21H31NO. The summed E-state index contributed by atoms with van der Waals surface area (Å²) in [5, 5.41) is 0. The predicted octanol–water partition coefficient (Wildman–Crippen LogP) is 4.63. The highest BCUT2D eigenvalue weighted by Gasteiger charge is 2.45. The van der Waals surface area contributed by atoms with Crippen molar-refractivity contribution in [3.63, 3.8) is 0 Å². The van der Waals surface area contributed by atoms with Crippen LogP contribution in [-0.2, 0) is 5.41 Å². The van der Waals surface area contributed by atoms with Crippen molar-refractivity contribution in [2.24, 2.45) is 11.8 Å². The van der Waals surface area contributed by atoms with Gasteiger partial charge in [0.25, 0.3) is 0 Å². The molecule has 0 aromatic heterocycles. The number of hydrogen-bond acceptors (Lipinski definition) is 2. The van der Waals surface area contributed by atoms with Crippen LogP contribution in [0.4, 0.5) is 0 Å². The van der Waals surface area contributed by atoms with Gasteiger partial charge in [0.1, 0.15) is 5.75 Å². The van der Waals surface area contributed by atoms with Gasteiger partial charge in [0.05, 0.1) is 7.11 Å². The zero-order valence-electron chi connectivity index (χ0n) is 14.6. The molecule has 2 heteroatoms. The van der Waals surface area contributed by atoms with Crippen molar-refractivity contribution in [1.29, 1.82) is 0 Å². The van der Waals surface area contributed by atoms with Crippen LogP contribution >= 0.6 is 0 Å².